The smallest absolute Gasteiger partial charge is 0.267 e. The minimum Gasteiger partial charge on any atom is -0.497 e. The zero-order valence-electron chi connectivity index (χ0n) is 13.7. The van der Waals surface area contributed by atoms with Crippen LogP contribution in [0.4, 0.5) is 0 Å². The molecule has 0 bridgehead atoms. The lowest BCUT2D eigenvalue weighted by Crippen LogP contribution is -2.37. The van der Waals surface area contributed by atoms with E-state index < -0.39 is 0 Å². The molecule has 0 aromatic heterocycles. The fourth-order valence-corrected chi connectivity index (χ4v) is 2.63. The molecule has 0 unspecified atom stereocenters. The second-order valence-electron chi connectivity index (χ2n) is 5.69. The van der Waals surface area contributed by atoms with Crippen molar-refractivity contribution in [3.05, 3.63) is 42.0 Å². The number of rotatable bonds is 4. The van der Waals surface area contributed by atoms with Crippen molar-refractivity contribution in [3.63, 3.8) is 0 Å². The Morgan fingerprint density at radius 1 is 1.21 bits per heavy atom. The normalized spacial score (nSPS) is 14.5. The van der Waals surface area contributed by atoms with Crippen LogP contribution in [0.25, 0.3) is 10.8 Å². The number of amides is 2. The van der Waals surface area contributed by atoms with Crippen LogP contribution < -0.4 is 10.1 Å². The molecule has 24 heavy (non-hydrogen) atoms. The molecule has 3 rings (SSSR count). The van der Waals surface area contributed by atoms with Crippen LogP contribution in [0.15, 0.2) is 41.5 Å². The summed E-state index contributed by atoms with van der Waals surface area (Å²) in [6, 6.07) is 11.9. The Labute approximate surface area is 140 Å². The quantitative estimate of drug-likeness (QED) is 0.935. The highest BCUT2D eigenvalue weighted by Crippen LogP contribution is 2.21. The molecule has 2 amide bonds. The monoisotopic (exact) mass is 325 g/mol. The standard InChI is InChI=1S/C18H19N3O3/c1-21-17(22)8-7-16(20-21)18(23)19-11-12-3-4-14-10-15(24-2)6-5-13(14)9-12/h3-6,9-10H,7-8,11H2,1-2H3,(H,19,23). The number of hydrogen-bond donors (Lipinski definition) is 1. The van der Waals surface area contributed by atoms with E-state index in [1.165, 1.54) is 5.01 Å². The van der Waals surface area contributed by atoms with E-state index in [1.807, 2.05) is 36.4 Å². The van der Waals surface area contributed by atoms with E-state index in [0.717, 1.165) is 22.1 Å². The Bertz CT molecular complexity index is 829. The third kappa shape index (κ3) is 3.37. The van der Waals surface area contributed by atoms with Gasteiger partial charge >= 0.3 is 0 Å². The van der Waals surface area contributed by atoms with Crippen molar-refractivity contribution in [1.82, 2.24) is 10.3 Å². The van der Waals surface area contributed by atoms with Crippen LogP contribution in [-0.2, 0) is 16.1 Å². The lowest BCUT2D eigenvalue weighted by Gasteiger charge is -2.18. The van der Waals surface area contributed by atoms with E-state index in [-0.39, 0.29) is 11.8 Å². The summed E-state index contributed by atoms with van der Waals surface area (Å²) >= 11 is 0. The Balaban J connectivity index is 1.68. The highest BCUT2D eigenvalue weighted by molar-refractivity contribution is 6.39. The second kappa shape index (κ2) is 6.70. The third-order valence-electron chi connectivity index (χ3n) is 4.03. The molecule has 6 heteroatoms. The van der Waals surface area contributed by atoms with E-state index in [1.54, 1.807) is 14.2 Å². The second-order valence-corrected chi connectivity index (χ2v) is 5.69. The van der Waals surface area contributed by atoms with Crippen LogP contribution in [0.2, 0.25) is 0 Å². The van der Waals surface area contributed by atoms with Crippen LogP contribution in [0.5, 0.6) is 5.75 Å². The summed E-state index contributed by atoms with van der Waals surface area (Å²) in [6.07, 6.45) is 0.701. The highest BCUT2D eigenvalue weighted by Gasteiger charge is 2.21. The molecule has 2 aromatic rings. The number of hydrazone groups is 1. The minimum absolute atomic E-state index is 0.0727. The maximum atomic E-state index is 12.2. The van der Waals surface area contributed by atoms with E-state index in [9.17, 15) is 9.59 Å². The summed E-state index contributed by atoms with van der Waals surface area (Å²) in [6.45, 7) is 0.414. The van der Waals surface area contributed by atoms with Gasteiger partial charge in [-0.05, 0) is 34.5 Å². The van der Waals surface area contributed by atoms with Gasteiger partial charge in [-0.1, -0.05) is 18.2 Å². The lowest BCUT2D eigenvalue weighted by atomic mass is 10.1. The van der Waals surface area contributed by atoms with Crippen molar-refractivity contribution in [2.24, 2.45) is 5.10 Å². The number of nitrogens with one attached hydrogen (secondary N) is 1. The van der Waals surface area contributed by atoms with Gasteiger partial charge in [0.25, 0.3) is 5.91 Å². The lowest BCUT2D eigenvalue weighted by molar-refractivity contribution is -0.130. The summed E-state index contributed by atoms with van der Waals surface area (Å²) < 4.78 is 5.22. The van der Waals surface area contributed by atoms with Gasteiger partial charge in [-0.2, -0.15) is 5.10 Å². The number of carbonyl (C=O) groups is 2. The van der Waals surface area contributed by atoms with Gasteiger partial charge in [-0.25, -0.2) is 5.01 Å². The average Bonchev–Trinajstić information content (AvgIpc) is 2.61. The van der Waals surface area contributed by atoms with Gasteiger partial charge in [0.05, 0.1) is 7.11 Å². The summed E-state index contributed by atoms with van der Waals surface area (Å²) in [5.74, 6) is 0.512. The van der Waals surface area contributed by atoms with Gasteiger partial charge in [-0.15, -0.1) is 0 Å². The first-order valence-corrected chi connectivity index (χ1v) is 7.76. The van der Waals surface area contributed by atoms with Crippen LogP contribution in [0.1, 0.15) is 18.4 Å². The highest BCUT2D eigenvalue weighted by atomic mass is 16.5. The van der Waals surface area contributed by atoms with Gasteiger partial charge < -0.3 is 10.1 Å². The Morgan fingerprint density at radius 2 is 1.96 bits per heavy atom. The van der Waals surface area contributed by atoms with Crippen molar-refractivity contribution in [1.29, 1.82) is 0 Å². The maximum absolute atomic E-state index is 12.2. The Kier molecular flexibility index (Phi) is 4.46. The van der Waals surface area contributed by atoms with Crippen molar-refractivity contribution in [3.8, 4) is 5.75 Å². The van der Waals surface area contributed by atoms with Crippen molar-refractivity contribution in [2.75, 3.05) is 14.2 Å². The molecule has 6 nitrogen and oxygen atoms in total. The molecule has 1 aliphatic heterocycles. The minimum atomic E-state index is -0.232. The molecule has 1 aliphatic rings. The number of methoxy groups -OCH3 is 1. The molecule has 0 radical (unpaired) electrons. The molecule has 0 aliphatic carbocycles. The Morgan fingerprint density at radius 3 is 2.71 bits per heavy atom. The molecular formula is C18H19N3O3. The average molecular weight is 325 g/mol. The van der Waals surface area contributed by atoms with Crippen LogP contribution >= 0.6 is 0 Å². The molecule has 0 fully saturated rings. The predicted molar refractivity (Wildman–Crippen MR) is 91.8 cm³/mol. The molecule has 0 atom stereocenters. The largest absolute Gasteiger partial charge is 0.497 e. The van der Waals surface area contributed by atoms with Crippen molar-refractivity contribution in [2.45, 2.75) is 19.4 Å². The van der Waals surface area contributed by atoms with Gasteiger partial charge in [0.15, 0.2) is 0 Å². The number of fused-ring (bicyclic) bond motifs is 1. The van der Waals surface area contributed by atoms with Crippen LogP contribution in [0, 0.1) is 0 Å². The first kappa shape index (κ1) is 16.0. The number of benzene rings is 2. The summed E-state index contributed by atoms with van der Waals surface area (Å²) in [4.78, 5) is 23.6. The first-order valence-electron chi connectivity index (χ1n) is 7.76. The molecule has 0 saturated carbocycles. The van der Waals surface area contributed by atoms with Crippen molar-refractivity contribution >= 4 is 28.3 Å². The van der Waals surface area contributed by atoms with Gasteiger partial charge in [0, 0.05) is 26.4 Å². The van der Waals surface area contributed by atoms with E-state index >= 15 is 0 Å². The molecule has 124 valence electrons. The fraction of sp³-hybridized carbons (Fsp3) is 0.278. The molecule has 1 N–H and O–H groups in total. The zero-order valence-corrected chi connectivity index (χ0v) is 13.7. The number of hydrogen-bond acceptors (Lipinski definition) is 4. The predicted octanol–water partition coefficient (Wildman–Crippen LogP) is 2.07. The summed E-state index contributed by atoms with van der Waals surface area (Å²) in [5, 5.41) is 10.3. The molecule has 0 spiro atoms. The SMILES string of the molecule is COc1ccc2cc(CNC(=O)C3=NN(C)C(=O)CC3)ccc2c1. The van der Waals surface area contributed by atoms with E-state index in [0.29, 0.717) is 25.1 Å². The van der Waals surface area contributed by atoms with E-state index in [4.69, 9.17) is 4.74 Å². The third-order valence-corrected chi connectivity index (χ3v) is 4.03. The van der Waals surface area contributed by atoms with Gasteiger partial charge in [-0.3, -0.25) is 9.59 Å². The zero-order chi connectivity index (χ0) is 17.1. The van der Waals surface area contributed by atoms with Crippen LogP contribution in [-0.4, -0.2) is 36.7 Å². The molecule has 0 saturated heterocycles. The number of carbonyl (C=O) groups excluding carboxylic acids is 2. The van der Waals surface area contributed by atoms with Crippen LogP contribution in [0.3, 0.4) is 0 Å². The molecule has 2 aromatic carbocycles. The topological polar surface area (TPSA) is 71.0 Å². The fourth-order valence-electron chi connectivity index (χ4n) is 2.63. The number of nitrogens with zero attached hydrogens (tertiary/aromatic N) is 2. The van der Waals surface area contributed by atoms with Gasteiger partial charge in [0.2, 0.25) is 5.91 Å². The van der Waals surface area contributed by atoms with E-state index in [2.05, 4.69) is 10.4 Å². The summed E-state index contributed by atoms with van der Waals surface area (Å²) in [5.41, 5.74) is 1.39. The van der Waals surface area contributed by atoms with Gasteiger partial charge in [0.1, 0.15) is 11.5 Å². The first-order chi connectivity index (χ1) is 11.6. The number of ether oxygens (including phenoxy) is 1. The molecule has 1 heterocycles. The maximum Gasteiger partial charge on any atom is 0.267 e. The Hall–Kier alpha value is -2.89. The van der Waals surface area contributed by atoms with Crippen molar-refractivity contribution < 1.29 is 14.3 Å². The summed E-state index contributed by atoms with van der Waals surface area (Å²) in [7, 11) is 3.20. The molecular weight excluding hydrogens is 306 g/mol.